The van der Waals surface area contributed by atoms with Gasteiger partial charge in [-0.3, -0.25) is 18.9 Å². The molecule has 0 aromatic rings. The first-order valence-electron chi connectivity index (χ1n) is 7.22. The van der Waals surface area contributed by atoms with E-state index in [1.165, 1.54) is 6.92 Å². The Balaban J connectivity index is 5.31. The molecule has 0 saturated carbocycles. The highest BCUT2D eigenvalue weighted by Crippen LogP contribution is 2.53. The Kier molecular flexibility index (Phi) is 7.94. The predicted octanol–water partition coefficient (Wildman–Crippen LogP) is 2.37. The molecule has 0 bridgehead atoms. The molecule has 0 amide bonds. The highest BCUT2D eigenvalue weighted by atomic mass is 31.2. The Labute approximate surface area is 135 Å². The van der Waals surface area contributed by atoms with E-state index < -0.39 is 42.7 Å². The Morgan fingerprint density at radius 1 is 1.04 bits per heavy atom. The van der Waals surface area contributed by atoms with Gasteiger partial charge in [0.2, 0.25) is 7.37 Å². The third kappa shape index (κ3) is 9.36. The minimum absolute atomic E-state index is 0.191. The summed E-state index contributed by atoms with van der Waals surface area (Å²) in [5.74, 6) is -5.70. The second-order valence-corrected chi connectivity index (χ2v) is 9.13. The van der Waals surface area contributed by atoms with Gasteiger partial charge in [0, 0.05) is 18.7 Å². The molecule has 0 aliphatic carbocycles. The zero-order chi connectivity index (χ0) is 18.4. The summed E-state index contributed by atoms with van der Waals surface area (Å²) in [6, 6.07) is 0. The Bertz CT molecular complexity index is 493. The Morgan fingerprint density at radius 3 is 1.91 bits per heavy atom. The number of carboxylic acids is 3. The lowest BCUT2D eigenvalue weighted by Crippen LogP contribution is -2.27. The summed E-state index contributed by atoms with van der Waals surface area (Å²) in [5.41, 5.74) is -0.844. The van der Waals surface area contributed by atoms with Crippen molar-refractivity contribution in [2.24, 2.45) is 11.8 Å². The van der Waals surface area contributed by atoms with E-state index in [4.69, 9.17) is 14.7 Å². The van der Waals surface area contributed by atoms with Crippen molar-refractivity contribution in [3.63, 3.8) is 0 Å². The fraction of sp³-hybridized carbons (Fsp3) is 0.786. The second kappa shape index (κ2) is 8.45. The molecule has 8 nitrogen and oxygen atoms in total. The van der Waals surface area contributed by atoms with Crippen LogP contribution in [0.15, 0.2) is 0 Å². The second-order valence-electron chi connectivity index (χ2n) is 6.59. The van der Waals surface area contributed by atoms with Crippen LogP contribution in [0.2, 0.25) is 0 Å². The van der Waals surface area contributed by atoms with Gasteiger partial charge in [0.15, 0.2) is 0 Å². The van der Waals surface area contributed by atoms with Gasteiger partial charge in [-0.2, -0.15) is 0 Å². The highest BCUT2D eigenvalue weighted by molar-refractivity contribution is 7.59. The van der Waals surface area contributed by atoms with Crippen LogP contribution in [-0.2, 0) is 23.5 Å². The van der Waals surface area contributed by atoms with E-state index >= 15 is 0 Å². The molecule has 9 heteroatoms. The molecule has 0 spiro atoms. The Hall–Kier alpha value is -1.40. The van der Waals surface area contributed by atoms with E-state index in [2.05, 4.69) is 0 Å². The van der Waals surface area contributed by atoms with Gasteiger partial charge < -0.3 is 19.8 Å². The van der Waals surface area contributed by atoms with Crippen molar-refractivity contribution >= 4 is 25.3 Å². The van der Waals surface area contributed by atoms with Crippen LogP contribution in [0.5, 0.6) is 0 Å². The minimum atomic E-state index is -3.58. The molecule has 0 aliphatic heterocycles. The molecule has 23 heavy (non-hydrogen) atoms. The third-order valence-corrected chi connectivity index (χ3v) is 5.95. The van der Waals surface area contributed by atoms with Crippen LogP contribution in [0.3, 0.4) is 0 Å². The molecule has 0 saturated heterocycles. The topological polar surface area (TPSA) is 138 Å². The molecule has 0 heterocycles. The fourth-order valence-electron chi connectivity index (χ4n) is 2.07. The van der Waals surface area contributed by atoms with Crippen molar-refractivity contribution in [1.29, 1.82) is 0 Å². The van der Waals surface area contributed by atoms with Crippen LogP contribution in [-0.4, -0.2) is 51.2 Å². The van der Waals surface area contributed by atoms with E-state index in [0.29, 0.717) is 0 Å². The predicted molar refractivity (Wildman–Crippen MR) is 83.0 cm³/mol. The highest BCUT2D eigenvalue weighted by Gasteiger charge is 2.37. The maximum Gasteiger partial charge on any atom is 0.307 e. The van der Waals surface area contributed by atoms with Gasteiger partial charge in [-0.05, 0) is 27.2 Å². The number of rotatable bonds is 10. The molecular weight excluding hydrogens is 327 g/mol. The van der Waals surface area contributed by atoms with Gasteiger partial charge in [-0.25, -0.2) is 0 Å². The van der Waals surface area contributed by atoms with E-state index in [-0.39, 0.29) is 25.2 Å². The average Bonchev–Trinajstić information content (AvgIpc) is 2.31. The lowest BCUT2D eigenvalue weighted by Gasteiger charge is -2.30. The number of aliphatic carboxylic acids is 3. The molecule has 0 aromatic heterocycles. The van der Waals surface area contributed by atoms with Crippen LogP contribution in [0, 0.1) is 11.8 Å². The molecule has 3 N–H and O–H groups in total. The lowest BCUT2D eigenvalue weighted by atomic mass is 10.1. The summed E-state index contributed by atoms with van der Waals surface area (Å²) < 4.78 is 18.5. The molecule has 0 radical (unpaired) electrons. The summed E-state index contributed by atoms with van der Waals surface area (Å²) in [6.45, 7) is 6.28. The first-order valence-corrected chi connectivity index (χ1v) is 9.21. The van der Waals surface area contributed by atoms with Crippen LogP contribution in [0.25, 0.3) is 0 Å². The average molecular weight is 352 g/mol. The van der Waals surface area contributed by atoms with Crippen LogP contribution >= 0.6 is 7.37 Å². The summed E-state index contributed by atoms with van der Waals surface area (Å²) in [6.07, 6.45) is -1.24. The number of carbonyl (C=O) groups is 3. The van der Waals surface area contributed by atoms with Crippen LogP contribution in [0.4, 0.5) is 0 Å². The van der Waals surface area contributed by atoms with Gasteiger partial charge >= 0.3 is 17.9 Å². The van der Waals surface area contributed by atoms with Crippen molar-refractivity contribution in [2.75, 3.05) is 12.3 Å². The molecule has 134 valence electrons. The first kappa shape index (κ1) is 21.6. The van der Waals surface area contributed by atoms with Gasteiger partial charge in [0.1, 0.15) is 0 Å². The van der Waals surface area contributed by atoms with Gasteiger partial charge in [0.25, 0.3) is 0 Å². The third-order valence-electron chi connectivity index (χ3n) is 2.97. The molecular formula is C14H25O8P. The smallest absolute Gasteiger partial charge is 0.307 e. The normalized spacial score (nSPS) is 17.0. The molecule has 3 unspecified atom stereocenters. The number of carboxylic acid groups (broad SMARTS) is 3. The molecule has 0 aromatic carbocycles. The number of hydrogen-bond donors (Lipinski definition) is 3. The van der Waals surface area contributed by atoms with Crippen molar-refractivity contribution in [3.8, 4) is 0 Å². The minimum Gasteiger partial charge on any atom is -0.481 e. The van der Waals surface area contributed by atoms with E-state index in [9.17, 15) is 24.1 Å². The summed E-state index contributed by atoms with van der Waals surface area (Å²) in [7, 11) is -3.58. The van der Waals surface area contributed by atoms with Crippen molar-refractivity contribution in [3.05, 3.63) is 0 Å². The van der Waals surface area contributed by atoms with Crippen molar-refractivity contribution in [2.45, 2.75) is 46.1 Å². The van der Waals surface area contributed by atoms with Gasteiger partial charge in [-0.1, -0.05) is 6.92 Å². The molecule has 0 fully saturated rings. The maximum atomic E-state index is 13.0. The maximum absolute atomic E-state index is 13.0. The van der Waals surface area contributed by atoms with E-state index in [1.54, 1.807) is 20.8 Å². The summed E-state index contributed by atoms with van der Waals surface area (Å²) in [5, 5.41) is 26.9. The van der Waals surface area contributed by atoms with Crippen LogP contribution < -0.4 is 0 Å². The number of hydrogen-bond acceptors (Lipinski definition) is 5. The Morgan fingerprint density at radius 2 is 1.57 bits per heavy atom. The fourth-order valence-corrected chi connectivity index (χ4v) is 5.37. The zero-order valence-corrected chi connectivity index (χ0v) is 14.7. The SMILES string of the molecule is CC(CP(=O)(CC(CCC(=O)O)C(=O)O)OC(C)(C)C)C(=O)O. The zero-order valence-electron chi connectivity index (χ0n) is 13.8. The van der Waals surface area contributed by atoms with Gasteiger partial charge in [0.05, 0.1) is 17.4 Å². The van der Waals surface area contributed by atoms with Gasteiger partial charge in [-0.15, -0.1) is 0 Å². The first-order chi connectivity index (χ1) is 10.3. The monoisotopic (exact) mass is 352 g/mol. The summed E-state index contributed by atoms with van der Waals surface area (Å²) >= 11 is 0. The lowest BCUT2D eigenvalue weighted by molar-refractivity contribution is -0.142. The van der Waals surface area contributed by atoms with Crippen molar-refractivity contribution < 1.29 is 38.8 Å². The van der Waals surface area contributed by atoms with E-state index in [1.807, 2.05) is 0 Å². The summed E-state index contributed by atoms with van der Waals surface area (Å²) in [4.78, 5) is 32.9. The van der Waals surface area contributed by atoms with E-state index in [0.717, 1.165) is 0 Å². The van der Waals surface area contributed by atoms with Crippen LogP contribution in [0.1, 0.15) is 40.5 Å². The largest absolute Gasteiger partial charge is 0.481 e. The molecule has 0 rings (SSSR count). The van der Waals surface area contributed by atoms with Crippen molar-refractivity contribution in [1.82, 2.24) is 0 Å². The molecule has 0 aliphatic rings. The quantitative estimate of drug-likeness (QED) is 0.509. The standard InChI is InChI=1S/C14H25O8P/c1-9(12(17)18)7-23(21,22-14(2,3)4)8-10(13(19)20)5-6-11(15)16/h9-10H,5-8H2,1-4H3,(H,15,16)(H,17,18)(H,19,20). The molecule has 3 atom stereocenters.